The van der Waals surface area contributed by atoms with Gasteiger partial charge < -0.3 is 15.4 Å². The van der Waals surface area contributed by atoms with Crippen LogP contribution in [0.5, 0.6) is 0 Å². The number of hydrogen-bond acceptors (Lipinski definition) is 5. The predicted molar refractivity (Wildman–Crippen MR) is 93.6 cm³/mol. The fourth-order valence-electron chi connectivity index (χ4n) is 2.25. The normalized spacial score (nSPS) is 13.1. The van der Waals surface area contributed by atoms with E-state index in [1.807, 2.05) is 18.2 Å². The van der Waals surface area contributed by atoms with Gasteiger partial charge in [-0.2, -0.15) is 4.40 Å². The molecule has 120 valence electrons. The van der Waals surface area contributed by atoms with Crippen LogP contribution in [0.3, 0.4) is 0 Å². The first-order valence-electron chi connectivity index (χ1n) is 7.02. The molecule has 0 aliphatic carbocycles. The standard InChI is InChI=1S/C16H15ClFN3OS/c1-22-8-7-19-16-20-15-11(3-2-4-14(15)23-21-16)12-9-10(18)5-6-13(12)17/h2-6,9H,7-8H2,1H3,(H2,19,20,21). The molecule has 4 nitrogen and oxygen atoms in total. The van der Waals surface area contributed by atoms with Crippen LogP contribution in [-0.4, -0.2) is 26.2 Å². The Morgan fingerprint density at radius 2 is 2.17 bits per heavy atom. The van der Waals surface area contributed by atoms with E-state index in [0.29, 0.717) is 29.7 Å². The number of halogens is 2. The number of benzene rings is 2. The van der Waals surface area contributed by atoms with Gasteiger partial charge in [0.15, 0.2) is 0 Å². The summed E-state index contributed by atoms with van der Waals surface area (Å²) in [6, 6.07) is 10.1. The molecule has 2 N–H and O–H groups in total. The molecule has 0 amide bonds. The number of methoxy groups -OCH3 is 1. The molecule has 0 spiro atoms. The third-order valence-corrected chi connectivity index (χ3v) is 4.46. The number of rotatable bonds is 4. The summed E-state index contributed by atoms with van der Waals surface area (Å²) in [7, 11) is 1.64. The van der Waals surface area contributed by atoms with Crippen molar-refractivity contribution in [1.29, 1.82) is 0 Å². The molecule has 2 aromatic rings. The first-order chi connectivity index (χ1) is 11.2. The third-order valence-electron chi connectivity index (χ3n) is 3.32. The summed E-state index contributed by atoms with van der Waals surface area (Å²) in [6.45, 7) is 1.22. The van der Waals surface area contributed by atoms with Gasteiger partial charge in [0.25, 0.3) is 0 Å². The molecular weight excluding hydrogens is 337 g/mol. The molecule has 0 saturated heterocycles. The lowest BCUT2D eigenvalue weighted by molar-refractivity contribution is 0.204. The monoisotopic (exact) mass is 351 g/mol. The van der Waals surface area contributed by atoms with Crippen LogP contribution in [0.2, 0.25) is 5.02 Å². The van der Waals surface area contributed by atoms with Crippen molar-refractivity contribution in [1.82, 2.24) is 5.32 Å². The van der Waals surface area contributed by atoms with Gasteiger partial charge in [-0.3, -0.25) is 0 Å². The molecule has 0 unspecified atom stereocenters. The highest BCUT2D eigenvalue weighted by Gasteiger charge is 2.18. The molecule has 1 heterocycles. The summed E-state index contributed by atoms with van der Waals surface area (Å²) in [4.78, 5) is 0.958. The number of nitrogens with zero attached hydrogens (tertiary/aromatic N) is 1. The Morgan fingerprint density at radius 1 is 1.30 bits per heavy atom. The Balaban J connectivity index is 1.93. The van der Waals surface area contributed by atoms with Crippen LogP contribution in [0.1, 0.15) is 0 Å². The second-order valence-electron chi connectivity index (χ2n) is 4.88. The molecule has 0 fully saturated rings. The maximum Gasteiger partial charge on any atom is 0.208 e. The zero-order chi connectivity index (χ0) is 16.2. The smallest absolute Gasteiger partial charge is 0.208 e. The topological polar surface area (TPSA) is 45.6 Å². The van der Waals surface area contributed by atoms with Crippen LogP contribution in [0, 0.1) is 5.82 Å². The van der Waals surface area contributed by atoms with Crippen LogP contribution in [0.25, 0.3) is 11.1 Å². The van der Waals surface area contributed by atoms with Crippen LogP contribution in [0.4, 0.5) is 10.1 Å². The molecule has 0 radical (unpaired) electrons. The van der Waals surface area contributed by atoms with E-state index in [2.05, 4.69) is 15.0 Å². The fourth-order valence-corrected chi connectivity index (χ4v) is 3.16. The van der Waals surface area contributed by atoms with E-state index in [4.69, 9.17) is 16.3 Å². The lowest BCUT2D eigenvalue weighted by Crippen LogP contribution is -2.34. The number of fused-ring (bicyclic) bond motifs is 1. The van der Waals surface area contributed by atoms with Gasteiger partial charge in [0.05, 0.1) is 17.2 Å². The van der Waals surface area contributed by atoms with Crippen molar-refractivity contribution in [2.45, 2.75) is 4.90 Å². The number of guanidine groups is 1. The highest BCUT2D eigenvalue weighted by atomic mass is 35.5. The Morgan fingerprint density at radius 3 is 3.00 bits per heavy atom. The largest absolute Gasteiger partial charge is 0.383 e. The van der Waals surface area contributed by atoms with Crippen molar-refractivity contribution < 1.29 is 9.13 Å². The van der Waals surface area contributed by atoms with Gasteiger partial charge in [0.2, 0.25) is 5.96 Å². The van der Waals surface area contributed by atoms with Gasteiger partial charge in [0, 0.05) is 41.8 Å². The highest BCUT2D eigenvalue weighted by molar-refractivity contribution is 7.98. The highest BCUT2D eigenvalue weighted by Crippen LogP contribution is 2.41. The first kappa shape index (κ1) is 16.1. The molecule has 23 heavy (non-hydrogen) atoms. The predicted octanol–water partition coefficient (Wildman–Crippen LogP) is 4.17. The van der Waals surface area contributed by atoms with Gasteiger partial charge in [-0.05, 0) is 24.3 Å². The minimum Gasteiger partial charge on any atom is -0.383 e. The third kappa shape index (κ3) is 3.60. The van der Waals surface area contributed by atoms with E-state index < -0.39 is 0 Å². The van der Waals surface area contributed by atoms with E-state index in [0.717, 1.165) is 16.1 Å². The first-order valence-corrected chi connectivity index (χ1v) is 8.17. The van der Waals surface area contributed by atoms with Gasteiger partial charge in [0.1, 0.15) is 5.82 Å². The quantitative estimate of drug-likeness (QED) is 0.641. The molecule has 0 atom stereocenters. The summed E-state index contributed by atoms with van der Waals surface area (Å²) in [5.74, 6) is 0.317. The average molecular weight is 352 g/mol. The zero-order valence-electron chi connectivity index (χ0n) is 12.4. The number of nitrogens with one attached hydrogen (secondary N) is 2. The van der Waals surface area contributed by atoms with Gasteiger partial charge in [-0.25, -0.2) is 4.39 Å². The fraction of sp³-hybridized carbons (Fsp3) is 0.188. The van der Waals surface area contributed by atoms with Crippen LogP contribution in [0.15, 0.2) is 45.7 Å². The average Bonchev–Trinajstić information content (AvgIpc) is 2.57. The summed E-state index contributed by atoms with van der Waals surface area (Å²) >= 11 is 7.61. The summed E-state index contributed by atoms with van der Waals surface area (Å²) in [6.07, 6.45) is 0. The lowest BCUT2D eigenvalue weighted by atomic mass is 10.0. The van der Waals surface area contributed by atoms with Crippen molar-refractivity contribution >= 4 is 35.2 Å². The summed E-state index contributed by atoms with van der Waals surface area (Å²) < 4.78 is 23.0. The van der Waals surface area contributed by atoms with Crippen LogP contribution >= 0.6 is 23.5 Å². The van der Waals surface area contributed by atoms with E-state index in [1.165, 1.54) is 24.1 Å². The van der Waals surface area contributed by atoms with E-state index in [9.17, 15) is 4.39 Å². The molecule has 1 aliphatic rings. The Bertz CT molecular complexity index is 754. The molecule has 0 saturated carbocycles. The molecular formula is C16H15ClFN3OS. The molecule has 0 aromatic heterocycles. The summed E-state index contributed by atoms with van der Waals surface area (Å²) in [5.41, 5.74) is 2.34. The zero-order valence-corrected chi connectivity index (χ0v) is 14.0. The minimum atomic E-state index is -0.322. The van der Waals surface area contributed by atoms with Crippen molar-refractivity contribution in [3.63, 3.8) is 0 Å². The van der Waals surface area contributed by atoms with Gasteiger partial charge in [-0.15, -0.1) is 0 Å². The van der Waals surface area contributed by atoms with Gasteiger partial charge >= 0.3 is 0 Å². The van der Waals surface area contributed by atoms with Gasteiger partial charge in [-0.1, -0.05) is 23.7 Å². The molecule has 2 aromatic carbocycles. The Kier molecular flexibility index (Phi) is 5.05. The second-order valence-corrected chi connectivity index (χ2v) is 6.09. The molecule has 3 rings (SSSR count). The number of para-hydroxylation sites is 1. The van der Waals surface area contributed by atoms with Crippen molar-refractivity contribution in [2.24, 2.45) is 4.40 Å². The maximum atomic E-state index is 13.6. The van der Waals surface area contributed by atoms with E-state index in [-0.39, 0.29) is 5.82 Å². The Labute approximate surface area is 143 Å². The number of hydrogen-bond donors (Lipinski definition) is 2. The van der Waals surface area contributed by atoms with Crippen molar-refractivity contribution in [3.8, 4) is 11.1 Å². The van der Waals surface area contributed by atoms with Crippen molar-refractivity contribution in [2.75, 3.05) is 25.6 Å². The molecule has 1 aliphatic heterocycles. The van der Waals surface area contributed by atoms with E-state index >= 15 is 0 Å². The van der Waals surface area contributed by atoms with E-state index in [1.54, 1.807) is 13.2 Å². The second kappa shape index (κ2) is 7.21. The van der Waals surface area contributed by atoms with Crippen LogP contribution in [-0.2, 0) is 4.74 Å². The van der Waals surface area contributed by atoms with Crippen LogP contribution < -0.4 is 10.6 Å². The Hall–Kier alpha value is -1.76. The summed E-state index contributed by atoms with van der Waals surface area (Å²) in [5, 5.41) is 6.91. The number of ether oxygens (including phenoxy) is 1. The van der Waals surface area contributed by atoms with Crippen molar-refractivity contribution in [3.05, 3.63) is 47.2 Å². The lowest BCUT2D eigenvalue weighted by Gasteiger charge is -2.21. The maximum absolute atomic E-state index is 13.6. The molecule has 7 heteroatoms. The molecule has 0 bridgehead atoms. The SMILES string of the molecule is COCCNC1=NSc2cccc(-c3cc(F)ccc3Cl)c2N1. The minimum absolute atomic E-state index is 0.322. The number of anilines is 1.